The number of aromatic nitrogens is 2. The summed E-state index contributed by atoms with van der Waals surface area (Å²) in [6, 6.07) is 18.8. The highest BCUT2D eigenvalue weighted by Gasteiger charge is 2.20. The molecule has 27 heavy (non-hydrogen) atoms. The van der Waals surface area contributed by atoms with Crippen molar-refractivity contribution in [2.75, 3.05) is 0 Å². The first-order valence-electron chi connectivity index (χ1n) is 8.42. The van der Waals surface area contributed by atoms with Crippen molar-refractivity contribution >= 4 is 49.0 Å². The molecule has 4 rings (SSSR count). The number of thiazole rings is 1. The zero-order valence-corrected chi connectivity index (χ0v) is 18.9. The first-order valence-corrected chi connectivity index (χ1v) is 10.0. The molecule has 0 atom stereocenters. The lowest BCUT2D eigenvalue weighted by Crippen LogP contribution is -3.00. The van der Waals surface area contributed by atoms with Crippen LogP contribution in [-0.2, 0) is 13.6 Å². The lowest BCUT2D eigenvalue weighted by Gasteiger charge is -2.08. The van der Waals surface area contributed by atoms with Crippen LogP contribution >= 0.6 is 27.3 Å². The molecule has 138 valence electrons. The first kappa shape index (κ1) is 19.9. The van der Waals surface area contributed by atoms with Gasteiger partial charge in [0.05, 0.1) is 23.4 Å². The Hall–Kier alpha value is -1.83. The van der Waals surface area contributed by atoms with Crippen LogP contribution in [0, 0.1) is 0 Å². The second kappa shape index (κ2) is 8.46. The fraction of sp³-hybridized carbons (Fsp3) is 0.150. The van der Waals surface area contributed by atoms with Gasteiger partial charge >= 0.3 is 5.13 Å². The first-order chi connectivity index (χ1) is 12.7. The average molecular weight is 506 g/mol. The molecule has 4 nitrogen and oxygen atoms in total. The van der Waals surface area contributed by atoms with Crippen LogP contribution in [0.5, 0.6) is 0 Å². The number of hydrogen-bond acceptors (Lipinski definition) is 3. The van der Waals surface area contributed by atoms with Crippen LogP contribution in [0.3, 0.4) is 0 Å². The smallest absolute Gasteiger partial charge is 0.409 e. The van der Waals surface area contributed by atoms with E-state index in [0.29, 0.717) is 0 Å². The van der Waals surface area contributed by atoms with Crippen molar-refractivity contribution in [3.63, 3.8) is 0 Å². The fourth-order valence-electron chi connectivity index (χ4n) is 3.18. The summed E-state index contributed by atoms with van der Waals surface area (Å²) in [7, 11) is 1.98. The average Bonchev–Trinajstić information content (AvgIpc) is 3.16. The van der Waals surface area contributed by atoms with Crippen molar-refractivity contribution < 1.29 is 21.5 Å². The van der Waals surface area contributed by atoms with Gasteiger partial charge in [0.25, 0.3) is 0 Å². The third kappa shape index (κ3) is 3.77. The molecule has 0 saturated carbocycles. The third-order valence-electron chi connectivity index (χ3n) is 4.33. The number of nitrogens with zero attached hydrogens (tertiary/aromatic N) is 4. The Morgan fingerprint density at radius 2 is 1.74 bits per heavy atom. The van der Waals surface area contributed by atoms with Gasteiger partial charge in [-0.05, 0) is 45.4 Å². The van der Waals surface area contributed by atoms with Crippen molar-refractivity contribution in [3.8, 4) is 11.3 Å². The number of aryl methyl sites for hydroxylation is 2. The molecular formula is C20H18Br2N4S. The predicted octanol–water partition coefficient (Wildman–Crippen LogP) is 3.40. The van der Waals surface area contributed by atoms with Gasteiger partial charge in [0.2, 0.25) is 0 Å². The fourth-order valence-corrected chi connectivity index (χ4v) is 4.59. The summed E-state index contributed by atoms with van der Waals surface area (Å²) in [6.45, 7) is 3.04. The van der Waals surface area contributed by atoms with Crippen molar-refractivity contribution in [2.24, 2.45) is 17.3 Å². The topological polar surface area (TPSA) is 33.5 Å². The molecule has 0 fully saturated rings. The van der Waals surface area contributed by atoms with E-state index in [0.717, 1.165) is 37.8 Å². The van der Waals surface area contributed by atoms with Crippen LogP contribution in [0.25, 0.3) is 22.2 Å². The number of fused-ring (bicyclic) bond motifs is 1. The number of rotatable bonds is 4. The minimum Gasteiger partial charge on any atom is -1.00 e. The van der Waals surface area contributed by atoms with Gasteiger partial charge in [0.1, 0.15) is 15.7 Å². The summed E-state index contributed by atoms with van der Waals surface area (Å²) < 4.78 is 5.32. The number of para-hydroxylation sites is 1. The molecule has 2 aromatic carbocycles. The SMILES string of the molecule is CCn1c(-c2ccccc2)c(N=Nc2sc(Br)c[n+]2C)c2ccccc21.[Br-]. The van der Waals surface area contributed by atoms with Crippen LogP contribution in [0.1, 0.15) is 6.92 Å². The minimum absolute atomic E-state index is 0. The molecule has 7 heteroatoms. The Morgan fingerprint density at radius 1 is 1.04 bits per heavy atom. The zero-order valence-electron chi connectivity index (χ0n) is 14.9. The molecule has 4 aromatic rings. The van der Waals surface area contributed by atoms with Crippen LogP contribution in [0.15, 0.2) is 74.8 Å². The Kier molecular flexibility index (Phi) is 6.24. The molecule has 2 heterocycles. The number of hydrogen-bond donors (Lipinski definition) is 0. The van der Waals surface area contributed by atoms with Gasteiger partial charge in [-0.3, -0.25) is 0 Å². The van der Waals surface area contributed by atoms with Gasteiger partial charge in [0.15, 0.2) is 0 Å². The standard InChI is InChI=1S/C20H18BrN4S.BrH/c1-3-25-16-12-8-7-11-15(16)18(19(25)14-9-5-4-6-10-14)22-23-20-24(2)13-17(21)26-20;/h4-13H,3H2,1-2H3;1H/q+1;/p-1. The highest BCUT2D eigenvalue weighted by molar-refractivity contribution is 9.11. The highest BCUT2D eigenvalue weighted by Crippen LogP contribution is 2.41. The lowest BCUT2D eigenvalue weighted by molar-refractivity contribution is -0.654. The number of benzene rings is 2. The maximum Gasteiger partial charge on any atom is 0.409 e. The lowest BCUT2D eigenvalue weighted by atomic mass is 10.1. The summed E-state index contributed by atoms with van der Waals surface area (Å²) in [5.74, 6) is 0. The van der Waals surface area contributed by atoms with E-state index in [9.17, 15) is 0 Å². The highest BCUT2D eigenvalue weighted by atomic mass is 79.9. The largest absolute Gasteiger partial charge is 1.00 e. The zero-order chi connectivity index (χ0) is 18.1. The van der Waals surface area contributed by atoms with Gasteiger partial charge in [-0.2, -0.15) is 0 Å². The molecule has 0 N–H and O–H groups in total. The molecule has 0 aliphatic carbocycles. The number of halogens is 2. The van der Waals surface area contributed by atoms with E-state index in [1.165, 1.54) is 5.52 Å². The van der Waals surface area contributed by atoms with Gasteiger partial charge < -0.3 is 21.5 Å². The molecule has 0 amide bonds. The van der Waals surface area contributed by atoms with Crippen molar-refractivity contribution in [1.29, 1.82) is 0 Å². The van der Waals surface area contributed by atoms with E-state index < -0.39 is 0 Å². The minimum atomic E-state index is 0. The summed E-state index contributed by atoms with van der Waals surface area (Å²) in [4.78, 5) is 0. The molecule has 0 saturated heterocycles. The molecule has 0 aliphatic heterocycles. The maximum atomic E-state index is 4.70. The van der Waals surface area contributed by atoms with Crippen molar-refractivity contribution in [2.45, 2.75) is 13.5 Å². The van der Waals surface area contributed by atoms with Crippen LogP contribution in [0.2, 0.25) is 0 Å². The Balaban J connectivity index is 0.00000210. The van der Waals surface area contributed by atoms with Gasteiger partial charge in [0, 0.05) is 17.5 Å². The molecule has 0 spiro atoms. The second-order valence-electron chi connectivity index (χ2n) is 5.95. The van der Waals surface area contributed by atoms with E-state index in [1.54, 1.807) is 11.3 Å². The Morgan fingerprint density at radius 3 is 2.41 bits per heavy atom. The van der Waals surface area contributed by atoms with Crippen LogP contribution < -0.4 is 21.5 Å². The molecule has 0 unspecified atom stereocenters. The third-order valence-corrected chi connectivity index (χ3v) is 5.87. The van der Waals surface area contributed by atoms with Crippen molar-refractivity contribution in [1.82, 2.24) is 4.57 Å². The summed E-state index contributed by atoms with van der Waals surface area (Å²) in [5, 5.41) is 11.2. The molecule has 0 bridgehead atoms. The second-order valence-corrected chi connectivity index (χ2v) is 8.34. The monoisotopic (exact) mass is 504 g/mol. The van der Waals surface area contributed by atoms with E-state index >= 15 is 0 Å². The Bertz CT molecular complexity index is 1100. The molecular weight excluding hydrogens is 488 g/mol. The normalized spacial score (nSPS) is 11.2. The van der Waals surface area contributed by atoms with Gasteiger partial charge in [-0.25, -0.2) is 4.57 Å². The van der Waals surface area contributed by atoms with Crippen LogP contribution in [0.4, 0.5) is 10.8 Å². The summed E-state index contributed by atoms with van der Waals surface area (Å²) >= 11 is 5.07. The Labute approximate surface area is 181 Å². The summed E-state index contributed by atoms with van der Waals surface area (Å²) in [5.41, 5.74) is 4.35. The van der Waals surface area contributed by atoms with Crippen LogP contribution in [-0.4, -0.2) is 4.57 Å². The van der Waals surface area contributed by atoms with Gasteiger partial charge in [-0.1, -0.05) is 48.5 Å². The summed E-state index contributed by atoms with van der Waals surface area (Å²) in [6.07, 6.45) is 1.99. The van der Waals surface area contributed by atoms with Gasteiger partial charge in [-0.15, -0.1) is 0 Å². The molecule has 2 aromatic heterocycles. The predicted molar refractivity (Wildman–Crippen MR) is 110 cm³/mol. The molecule has 0 radical (unpaired) electrons. The van der Waals surface area contributed by atoms with E-state index in [4.69, 9.17) is 5.11 Å². The quantitative estimate of drug-likeness (QED) is 0.301. The van der Waals surface area contributed by atoms with Crippen molar-refractivity contribution in [3.05, 3.63) is 64.6 Å². The van der Waals surface area contributed by atoms with E-state index in [2.05, 4.69) is 81.1 Å². The van der Waals surface area contributed by atoms with E-state index in [1.807, 2.05) is 23.9 Å². The molecule has 0 aliphatic rings. The number of azo groups is 1. The van der Waals surface area contributed by atoms with E-state index in [-0.39, 0.29) is 17.0 Å². The maximum absolute atomic E-state index is 4.70.